The fraction of sp³-hybridized carbons (Fsp3) is 0.273. The zero-order valence-electron chi connectivity index (χ0n) is 7.39. The molecular formula is C11H16. The van der Waals surface area contributed by atoms with Crippen LogP contribution in [0.3, 0.4) is 0 Å². The summed E-state index contributed by atoms with van der Waals surface area (Å²) in [4.78, 5) is 0. The van der Waals surface area contributed by atoms with Crippen molar-refractivity contribution in [1.82, 2.24) is 0 Å². The summed E-state index contributed by atoms with van der Waals surface area (Å²) in [7, 11) is 0. The predicted octanol–water partition coefficient (Wildman–Crippen LogP) is 3.66. The third-order valence-corrected chi connectivity index (χ3v) is 1.94. The molecule has 0 saturated carbocycles. The van der Waals surface area contributed by atoms with Crippen LogP contribution in [-0.4, -0.2) is 0 Å². The monoisotopic (exact) mass is 148 g/mol. The van der Waals surface area contributed by atoms with E-state index in [0.717, 1.165) is 0 Å². The van der Waals surface area contributed by atoms with Crippen LogP contribution in [0.2, 0.25) is 0 Å². The Bertz CT molecular complexity index is 257. The highest BCUT2D eigenvalue weighted by Crippen LogP contribution is 2.13. The molecule has 0 aliphatic carbocycles. The maximum Gasteiger partial charge on any atom is 0 e. The molecule has 11 heavy (non-hydrogen) atoms. The van der Waals surface area contributed by atoms with Gasteiger partial charge in [-0.25, -0.2) is 0 Å². The summed E-state index contributed by atoms with van der Waals surface area (Å²) >= 11 is 0. The number of benzene rings is 1. The van der Waals surface area contributed by atoms with Gasteiger partial charge < -0.3 is 0 Å². The third-order valence-electron chi connectivity index (χ3n) is 1.94. The minimum absolute atomic E-state index is 0. The second kappa shape index (κ2) is 3.38. The molecule has 0 heterocycles. The lowest BCUT2D eigenvalue weighted by Crippen LogP contribution is -1.78. The fourth-order valence-corrected chi connectivity index (χ4v) is 0.983. The molecule has 0 saturated heterocycles. The molecule has 1 aromatic carbocycles. The second-order valence-electron chi connectivity index (χ2n) is 2.84. The first-order valence-corrected chi connectivity index (χ1v) is 3.94. The first kappa shape index (κ1) is 8.06. The van der Waals surface area contributed by atoms with E-state index in [4.69, 9.17) is 0 Å². The lowest BCUT2D eigenvalue weighted by Gasteiger charge is -1.99. The van der Waals surface area contributed by atoms with E-state index in [1.54, 1.807) is 0 Å². The molecule has 1 aromatic rings. The average molecular weight is 148 g/mol. The van der Waals surface area contributed by atoms with Gasteiger partial charge in [0.1, 0.15) is 0 Å². The van der Waals surface area contributed by atoms with E-state index in [-0.39, 0.29) is 1.43 Å². The summed E-state index contributed by atoms with van der Waals surface area (Å²) in [6.07, 6.45) is 2.13. The van der Waals surface area contributed by atoms with Crippen LogP contribution in [-0.2, 0) is 0 Å². The highest BCUT2D eigenvalue weighted by atomic mass is 14.0. The van der Waals surface area contributed by atoms with E-state index >= 15 is 0 Å². The normalized spacial score (nSPS) is 11.7. The highest BCUT2D eigenvalue weighted by Gasteiger charge is 1.91. The minimum Gasteiger partial charge on any atom is -0.0841 e. The van der Waals surface area contributed by atoms with Crippen LogP contribution < -0.4 is 0 Å². The van der Waals surface area contributed by atoms with Gasteiger partial charge in [0.15, 0.2) is 0 Å². The molecule has 0 atom stereocenters. The van der Waals surface area contributed by atoms with Crippen molar-refractivity contribution in [3.63, 3.8) is 0 Å². The lowest BCUT2D eigenvalue weighted by molar-refractivity contribution is 1.44. The highest BCUT2D eigenvalue weighted by molar-refractivity contribution is 5.63. The second-order valence-corrected chi connectivity index (χ2v) is 2.84. The van der Waals surface area contributed by atoms with Gasteiger partial charge in [0.25, 0.3) is 0 Å². The van der Waals surface area contributed by atoms with E-state index in [9.17, 15) is 0 Å². The molecule has 1 rings (SSSR count). The SMILES string of the molecule is C/C=C(/C)c1ccc(C)cc1.[HH]. The molecule has 0 fully saturated rings. The van der Waals surface area contributed by atoms with Gasteiger partial charge in [0, 0.05) is 1.43 Å². The standard InChI is InChI=1S/C11H14.H2/c1-4-10(3)11-7-5-9(2)6-8-11;/h4-8H,1-3H3;1H/b10-4-;. The molecule has 0 heteroatoms. The van der Waals surface area contributed by atoms with Crippen LogP contribution in [0, 0.1) is 6.92 Å². The van der Waals surface area contributed by atoms with Crippen molar-refractivity contribution in [2.24, 2.45) is 0 Å². The Labute approximate surface area is 70.1 Å². The van der Waals surface area contributed by atoms with Gasteiger partial charge in [-0.1, -0.05) is 35.9 Å². The molecule has 0 spiro atoms. The van der Waals surface area contributed by atoms with Crippen molar-refractivity contribution in [3.05, 3.63) is 41.5 Å². The quantitative estimate of drug-likeness (QED) is 0.570. The summed E-state index contributed by atoms with van der Waals surface area (Å²) in [5.74, 6) is 0. The molecule has 0 N–H and O–H groups in total. The number of aryl methyl sites for hydroxylation is 1. The van der Waals surface area contributed by atoms with E-state index < -0.39 is 0 Å². The Balaban J connectivity index is 0.00000121. The van der Waals surface area contributed by atoms with Crippen LogP contribution in [0.15, 0.2) is 30.3 Å². The average Bonchev–Trinajstić information content (AvgIpc) is 2.05. The van der Waals surface area contributed by atoms with Gasteiger partial charge in [0.05, 0.1) is 0 Å². The molecule has 0 aromatic heterocycles. The Morgan fingerprint density at radius 3 is 2.27 bits per heavy atom. The van der Waals surface area contributed by atoms with Gasteiger partial charge in [-0.15, -0.1) is 0 Å². The number of hydrogen-bond acceptors (Lipinski definition) is 0. The first-order chi connectivity index (χ1) is 5.24. The molecular weight excluding hydrogens is 132 g/mol. The van der Waals surface area contributed by atoms with Crippen LogP contribution in [0.4, 0.5) is 0 Å². The van der Waals surface area contributed by atoms with Crippen LogP contribution in [0.1, 0.15) is 26.4 Å². The summed E-state index contributed by atoms with van der Waals surface area (Å²) in [6.45, 7) is 6.30. The van der Waals surface area contributed by atoms with Crippen molar-refractivity contribution in [2.45, 2.75) is 20.8 Å². The van der Waals surface area contributed by atoms with Crippen molar-refractivity contribution in [2.75, 3.05) is 0 Å². The van der Waals surface area contributed by atoms with Gasteiger partial charge in [-0.2, -0.15) is 0 Å². The number of allylic oxidation sites excluding steroid dienone is 2. The van der Waals surface area contributed by atoms with Crippen molar-refractivity contribution in [1.29, 1.82) is 0 Å². The predicted molar refractivity (Wildman–Crippen MR) is 52.6 cm³/mol. The summed E-state index contributed by atoms with van der Waals surface area (Å²) in [5, 5.41) is 0. The van der Waals surface area contributed by atoms with E-state index in [1.165, 1.54) is 16.7 Å². The smallest absolute Gasteiger partial charge is 0 e. The van der Waals surface area contributed by atoms with Crippen LogP contribution in [0.5, 0.6) is 0 Å². The van der Waals surface area contributed by atoms with E-state index in [1.807, 2.05) is 0 Å². The Morgan fingerprint density at radius 2 is 1.82 bits per heavy atom. The van der Waals surface area contributed by atoms with E-state index in [0.29, 0.717) is 0 Å². The molecule has 0 bridgehead atoms. The topological polar surface area (TPSA) is 0 Å². The lowest BCUT2D eigenvalue weighted by atomic mass is 10.1. The minimum atomic E-state index is 0. The first-order valence-electron chi connectivity index (χ1n) is 3.94. The van der Waals surface area contributed by atoms with E-state index in [2.05, 4.69) is 51.1 Å². The van der Waals surface area contributed by atoms with Gasteiger partial charge in [0.2, 0.25) is 0 Å². The molecule has 0 amide bonds. The summed E-state index contributed by atoms with van der Waals surface area (Å²) in [6, 6.07) is 8.60. The Morgan fingerprint density at radius 1 is 1.27 bits per heavy atom. The maximum absolute atomic E-state index is 2.16. The third kappa shape index (κ3) is 1.94. The van der Waals surface area contributed by atoms with Crippen molar-refractivity contribution < 1.29 is 1.43 Å². The molecule has 0 aliphatic heterocycles. The van der Waals surface area contributed by atoms with Gasteiger partial charge >= 0.3 is 0 Å². The molecule has 0 radical (unpaired) electrons. The van der Waals surface area contributed by atoms with Crippen molar-refractivity contribution >= 4 is 5.57 Å². The van der Waals surface area contributed by atoms with Crippen LogP contribution >= 0.6 is 0 Å². The molecule has 0 nitrogen and oxygen atoms in total. The summed E-state index contributed by atoms with van der Waals surface area (Å²) < 4.78 is 0. The zero-order valence-corrected chi connectivity index (χ0v) is 7.39. The Kier molecular flexibility index (Phi) is 2.48. The van der Waals surface area contributed by atoms with Crippen LogP contribution in [0.25, 0.3) is 5.57 Å². The molecule has 0 unspecified atom stereocenters. The molecule has 0 aliphatic rings. The van der Waals surface area contributed by atoms with Crippen molar-refractivity contribution in [3.8, 4) is 0 Å². The zero-order chi connectivity index (χ0) is 8.27. The number of rotatable bonds is 1. The Hall–Kier alpha value is -1.04. The van der Waals surface area contributed by atoms with Gasteiger partial charge in [-0.3, -0.25) is 0 Å². The van der Waals surface area contributed by atoms with Gasteiger partial charge in [-0.05, 0) is 31.9 Å². The molecule has 60 valence electrons. The largest absolute Gasteiger partial charge is 0.0841 e. The fourth-order valence-electron chi connectivity index (χ4n) is 0.983. The summed E-state index contributed by atoms with van der Waals surface area (Å²) in [5.41, 5.74) is 3.97. The number of hydrogen-bond donors (Lipinski definition) is 0. The maximum atomic E-state index is 2.16.